The summed E-state index contributed by atoms with van der Waals surface area (Å²) in [4.78, 5) is 0. The topological polar surface area (TPSA) is 67.5 Å². The number of ether oxygens (including phenoxy) is 1. The Balaban J connectivity index is 2.00. The molecule has 1 aromatic rings. The van der Waals surface area contributed by atoms with E-state index in [1.54, 1.807) is 0 Å². The van der Waals surface area contributed by atoms with E-state index in [1.807, 2.05) is 32.0 Å². The summed E-state index contributed by atoms with van der Waals surface area (Å²) in [5.41, 5.74) is 7.79. The number of hydrogen-bond acceptors (Lipinski definition) is 4. The van der Waals surface area contributed by atoms with Crippen molar-refractivity contribution < 1.29 is 9.84 Å². The quantitative estimate of drug-likeness (QED) is 0.696. The molecule has 4 heteroatoms. The summed E-state index contributed by atoms with van der Waals surface area (Å²) in [5, 5.41) is 13.6. The van der Waals surface area contributed by atoms with Crippen LogP contribution in [0.25, 0.3) is 0 Å². The fourth-order valence-electron chi connectivity index (χ4n) is 2.04. The van der Waals surface area contributed by atoms with Gasteiger partial charge in [-0.3, -0.25) is 0 Å². The summed E-state index contributed by atoms with van der Waals surface area (Å²) >= 11 is 0. The molecule has 0 bridgehead atoms. The molecule has 0 aliphatic carbocycles. The molecule has 4 nitrogen and oxygen atoms in total. The van der Waals surface area contributed by atoms with E-state index in [1.165, 1.54) is 0 Å². The van der Waals surface area contributed by atoms with Crippen LogP contribution in [0, 0.1) is 6.92 Å². The second-order valence-corrected chi connectivity index (χ2v) is 4.79. The van der Waals surface area contributed by atoms with Gasteiger partial charge in [-0.15, -0.1) is 0 Å². The Kier molecular flexibility index (Phi) is 3.26. The van der Waals surface area contributed by atoms with E-state index < -0.39 is 5.60 Å². The van der Waals surface area contributed by atoms with Crippen LogP contribution in [0.2, 0.25) is 0 Å². The lowest BCUT2D eigenvalue weighted by atomic mass is 9.96. The molecule has 2 rings (SSSR count). The molecular formula is C13H20N2O2. The van der Waals surface area contributed by atoms with Crippen molar-refractivity contribution in [2.75, 3.05) is 24.2 Å². The maximum absolute atomic E-state index is 10.3. The van der Waals surface area contributed by atoms with Crippen molar-refractivity contribution >= 4 is 11.4 Å². The molecule has 0 amide bonds. The third-order valence-corrected chi connectivity index (χ3v) is 3.53. The highest BCUT2D eigenvalue weighted by Gasteiger charge is 2.39. The standard InChI is InChI=1S/C13H20N2O2/c1-9-7-11(3-4-12(9)14)15-8-13(16)5-6-17-10(13)2/h3-4,7,10,15-16H,5-6,8,14H2,1-2H3. The van der Waals surface area contributed by atoms with Crippen molar-refractivity contribution in [1.82, 2.24) is 0 Å². The van der Waals surface area contributed by atoms with E-state index in [9.17, 15) is 5.11 Å². The number of rotatable bonds is 3. The second kappa shape index (κ2) is 4.55. The molecule has 0 saturated carbocycles. The lowest BCUT2D eigenvalue weighted by Crippen LogP contribution is -2.43. The molecule has 1 saturated heterocycles. The number of aliphatic hydroxyl groups is 1. The van der Waals surface area contributed by atoms with Crippen LogP contribution in [0.1, 0.15) is 18.9 Å². The number of benzene rings is 1. The molecule has 1 heterocycles. The van der Waals surface area contributed by atoms with Gasteiger partial charge in [0, 0.05) is 30.9 Å². The molecule has 1 aliphatic rings. The van der Waals surface area contributed by atoms with Crippen molar-refractivity contribution in [3.8, 4) is 0 Å². The number of hydrogen-bond donors (Lipinski definition) is 3. The molecule has 1 aliphatic heterocycles. The van der Waals surface area contributed by atoms with Crippen molar-refractivity contribution in [3.63, 3.8) is 0 Å². The van der Waals surface area contributed by atoms with Crippen LogP contribution in [-0.2, 0) is 4.74 Å². The zero-order valence-corrected chi connectivity index (χ0v) is 10.4. The fraction of sp³-hybridized carbons (Fsp3) is 0.538. The maximum atomic E-state index is 10.3. The van der Waals surface area contributed by atoms with E-state index in [0.29, 0.717) is 19.6 Å². The number of nitrogen functional groups attached to an aromatic ring is 1. The van der Waals surface area contributed by atoms with E-state index in [0.717, 1.165) is 16.9 Å². The van der Waals surface area contributed by atoms with Gasteiger partial charge in [-0.2, -0.15) is 0 Å². The number of aryl methyl sites for hydroxylation is 1. The SMILES string of the molecule is Cc1cc(NCC2(O)CCOC2C)ccc1N. The predicted octanol–water partition coefficient (Wildman–Crippen LogP) is 1.53. The van der Waals surface area contributed by atoms with Crippen LogP contribution in [0.15, 0.2) is 18.2 Å². The Bertz CT molecular complexity index is 408. The monoisotopic (exact) mass is 236 g/mol. The number of nitrogens with two attached hydrogens (primary N) is 1. The summed E-state index contributed by atoms with van der Waals surface area (Å²) in [7, 11) is 0. The largest absolute Gasteiger partial charge is 0.399 e. The van der Waals surface area contributed by atoms with Gasteiger partial charge in [-0.25, -0.2) is 0 Å². The van der Waals surface area contributed by atoms with Gasteiger partial charge in [0.2, 0.25) is 0 Å². The van der Waals surface area contributed by atoms with Gasteiger partial charge in [-0.05, 0) is 37.6 Å². The van der Waals surface area contributed by atoms with Crippen LogP contribution >= 0.6 is 0 Å². The minimum atomic E-state index is -0.769. The van der Waals surface area contributed by atoms with Gasteiger partial charge in [0.25, 0.3) is 0 Å². The van der Waals surface area contributed by atoms with Gasteiger partial charge in [0.05, 0.1) is 6.10 Å². The summed E-state index contributed by atoms with van der Waals surface area (Å²) in [5.74, 6) is 0. The molecule has 2 unspecified atom stereocenters. The van der Waals surface area contributed by atoms with E-state index in [-0.39, 0.29) is 6.10 Å². The fourth-order valence-corrected chi connectivity index (χ4v) is 2.04. The molecule has 0 spiro atoms. The first kappa shape index (κ1) is 12.2. The van der Waals surface area contributed by atoms with Crippen molar-refractivity contribution in [2.24, 2.45) is 0 Å². The van der Waals surface area contributed by atoms with Crippen LogP contribution in [-0.4, -0.2) is 30.0 Å². The Labute approximate surface area is 102 Å². The highest BCUT2D eigenvalue weighted by Crippen LogP contribution is 2.26. The van der Waals surface area contributed by atoms with Gasteiger partial charge >= 0.3 is 0 Å². The van der Waals surface area contributed by atoms with Gasteiger partial charge in [0.1, 0.15) is 5.60 Å². The minimum absolute atomic E-state index is 0.120. The number of anilines is 2. The third-order valence-electron chi connectivity index (χ3n) is 3.53. The number of nitrogens with one attached hydrogen (secondary N) is 1. The highest BCUT2D eigenvalue weighted by atomic mass is 16.5. The lowest BCUT2D eigenvalue weighted by molar-refractivity contribution is -0.0175. The normalized spacial score (nSPS) is 28.3. The first-order chi connectivity index (χ1) is 8.01. The molecule has 94 valence electrons. The van der Waals surface area contributed by atoms with Crippen molar-refractivity contribution in [1.29, 1.82) is 0 Å². The first-order valence-electron chi connectivity index (χ1n) is 5.95. The zero-order valence-electron chi connectivity index (χ0n) is 10.4. The van der Waals surface area contributed by atoms with E-state index in [2.05, 4.69) is 5.32 Å². The van der Waals surface area contributed by atoms with Crippen LogP contribution < -0.4 is 11.1 Å². The predicted molar refractivity (Wildman–Crippen MR) is 69.1 cm³/mol. The Hall–Kier alpha value is -1.26. The minimum Gasteiger partial charge on any atom is -0.399 e. The molecule has 2 atom stereocenters. The molecule has 4 N–H and O–H groups in total. The van der Waals surface area contributed by atoms with Crippen LogP contribution in [0.5, 0.6) is 0 Å². The summed E-state index contributed by atoms with van der Waals surface area (Å²) < 4.78 is 5.39. The van der Waals surface area contributed by atoms with Gasteiger partial charge in [-0.1, -0.05) is 0 Å². The Morgan fingerprint density at radius 1 is 1.59 bits per heavy atom. The molecular weight excluding hydrogens is 216 g/mol. The summed E-state index contributed by atoms with van der Waals surface area (Å²) in [6.45, 7) is 5.00. The molecule has 17 heavy (non-hydrogen) atoms. The summed E-state index contributed by atoms with van der Waals surface area (Å²) in [6.07, 6.45) is 0.555. The second-order valence-electron chi connectivity index (χ2n) is 4.79. The zero-order chi connectivity index (χ0) is 12.5. The average Bonchev–Trinajstić information content (AvgIpc) is 2.62. The van der Waals surface area contributed by atoms with E-state index in [4.69, 9.17) is 10.5 Å². The lowest BCUT2D eigenvalue weighted by Gasteiger charge is -2.26. The van der Waals surface area contributed by atoms with Gasteiger partial charge in [0.15, 0.2) is 0 Å². The smallest absolute Gasteiger partial charge is 0.110 e. The maximum Gasteiger partial charge on any atom is 0.110 e. The Morgan fingerprint density at radius 2 is 2.35 bits per heavy atom. The van der Waals surface area contributed by atoms with Crippen molar-refractivity contribution in [3.05, 3.63) is 23.8 Å². The molecule has 0 radical (unpaired) electrons. The molecule has 1 fully saturated rings. The van der Waals surface area contributed by atoms with Crippen LogP contribution in [0.4, 0.5) is 11.4 Å². The molecule has 0 aromatic heterocycles. The Morgan fingerprint density at radius 3 is 2.94 bits per heavy atom. The molecule has 1 aromatic carbocycles. The van der Waals surface area contributed by atoms with Crippen molar-refractivity contribution in [2.45, 2.75) is 32.0 Å². The average molecular weight is 236 g/mol. The third kappa shape index (κ3) is 2.53. The highest BCUT2D eigenvalue weighted by molar-refractivity contribution is 5.56. The van der Waals surface area contributed by atoms with Crippen LogP contribution in [0.3, 0.4) is 0 Å². The summed E-state index contributed by atoms with van der Waals surface area (Å²) in [6, 6.07) is 5.78. The van der Waals surface area contributed by atoms with Gasteiger partial charge < -0.3 is 20.9 Å². The van der Waals surface area contributed by atoms with E-state index >= 15 is 0 Å². The first-order valence-corrected chi connectivity index (χ1v) is 5.95.